The summed E-state index contributed by atoms with van der Waals surface area (Å²) in [5.41, 5.74) is 0.731. The Morgan fingerprint density at radius 3 is 2.71 bits per heavy atom. The fourth-order valence-electron chi connectivity index (χ4n) is 2.46. The van der Waals surface area contributed by atoms with Crippen molar-refractivity contribution in [3.63, 3.8) is 0 Å². The monoisotopic (exact) mass is 438 g/mol. The quantitative estimate of drug-likeness (QED) is 0.654. The van der Waals surface area contributed by atoms with E-state index in [4.69, 9.17) is 27.6 Å². The largest absolute Gasteiger partial charge is 0.457 e. The smallest absolute Gasteiger partial charge is 0.294 e. The van der Waals surface area contributed by atoms with Crippen LogP contribution < -0.4 is 5.32 Å². The van der Waals surface area contributed by atoms with Crippen LogP contribution >= 0.6 is 35.0 Å². The van der Waals surface area contributed by atoms with E-state index in [9.17, 15) is 14.4 Å². The highest BCUT2D eigenvalue weighted by Gasteiger charge is 2.36. The van der Waals surface area contributed by atoms with Crippen LogP contribution in [-0.4, -0.2) is 35.0 Å². The van der Waals surface area contributed by atoms with Crippen LogP contribution in [0.1, 0.15) is 19.1 Å². The molecule has 9 heteroatoms. The highest BCUT2D eigenvalue weighted by atomic mass is 35.5. The van der Waals surface area contributed by atoms with Crippen LogP contribution in [0.25, 0.3) is 17.4 Å². The number of halogens is 2. The summed E-state index contributed by atoms with van der Waals surface area (Å²) in [6.07, 6.45) is 2.25. The van der Waals surface area contributed by atoms with Crippen molar-refractivity contribution in [2.24, 2.45) is 0 Å². The van der Waals surface area contributed by atoms with Crippen LogP contribution in [0.4, 0.5) is 4.79 Å². The van der Waals surface area contributed by atoms with Gasteiger partial charge in [0.25, 0.3) is 11.1 Å². The fraction of sp³-hybridized carbons (Fsp3) is 0.211. The van der Waals surface area contributed by atoms with Gasteiger partial charge >= 0.3 is 0 Å². The number of hydrogen-bond donors (Lipinski definition) is 1. The van der Waals surface area contributed by atoms with E-state index in [-0.39, 0.29) is 17.4 Å². The SMILES string of the molecule is CCCNC(=O)CN1C(=O)S/C(=C\c2ccc(-c3ccc(Cl)c(Cl)c3)o2)C1=O. The third kappa shape index (κ3) is 4.60. The molecule has 1 aliphatic rings. The van der Waals surface area contributed by atoms with Gasteiger partial charge < -0.3 is 9.73 Å². The summed E-state index contributed by atoms with van der Waals surface area (Å²) in [7, 11) is 0. The topological polar surface area (TPSA) is 79.6 Å². The van der Waals surface area contributed by atoms with Crippen LogP contribution in [0.5, 0.6) is 0 Å². The molecule has 0 atom stereocenters. The molecule has 0 bridgehead atoms. The second kappa shape index (κ2) is 8.86. The second-order valence-electron chi connectivity index (χ2n) is 5.95. The van der Waals surface area contributed by atoms with E-state index in [1.807, 2.05) is 6.92 Å². The third-order valence-electron chi connectivity index (χ3n) is 3.85. The molecule has 1 fully saturated rings. The molecule has 6 nitrogen and oxygen atoms in total. The first-order valence-corrected chi connectivity index (χ1v) is 10.0. The van der Waals surface area contributed by atoms with Crippen molar-refractivity contribution in [1.29, 1.82) is 0 Å². The molecule has 2 aromatic rings. The van der Waals surface area contributed by atoms with Gasteiger partial charge in [0, 0.05) is 18.2 Å². The van der Waals surface area contributed by atoms with E-state index >= 15 is 0 Å². The lowest BCUT2D eigenvalue weighted by molar-refractivity contribution is -0.129. The summed E-state index contributed by atoms with van der Waals surface area (Å²) in [5, 5.41) is 3.00. The number of thioether (sulfide) groups is 1. The van der Waals surface area contributed by atoms with Gasteiger partial charge in [-0.15, -0.1) is 0 Å². The van der Waals surface area contributed by atoms with E-state index in [0.717, 1.165) is 28.6 Å². The molecular weight excluding hydrogens is 423 g/mol. The van der Waals surface area contributed by atoms with Crippen LogP contribution in [-0.2, 0) is 9.59 Å². The number of furan rings is 1. The standard InChI is InChI=1S/C19H16Cl2N2O4S/c1-2-7-22-17(24)10-23-18(25)16(28-19(23)26)9-12-4-6-15(27-12)11-3-5-13(20)14(21)8-11/h3-6,8-9H,2,7,10H2,1H3,(H,22,24)/b16-9-. The Balaban J connectivity index is 1.74. The summed E-state index contributed by atoms with van der Waals surface area (Å²) in [4.78, 5) is 37.5. The molecule has 3 amide bonds. The Labute approximate surface area is 175 Å². The molecule has 0 spiro atoms. The first-order valence-electron chi connectivity index (χ1n) is 8.46. The zero-order valence-electron chi connectivity index (χ0n) is 14.8. The predicted octanol–water partition coefficient (Wildman–Crippen LogP) is 4.82. The maximum Gasteiger partial charge on any atom is 0.294 e. The van der Waals surface area contributed by atoms with E-state index in [2.05, 4.69) is 5.32 Å². The molecule has 28 heavy (non-hydrogen) atoms. The number of benzene rings is 1. The number of nitrogens with zero attached hydrogens (tertiary/aromatic N) is 1. The first-order chi connectivity index (χ1) is 13.4. The molecule has 0 radical (unpaired) electrons. The van der Waals surface area contributed by atoms with Crippen molar-refractivity contribution >= 4 is 58.1 Å². The van der Waals surface area contributed by atoms with Crippen molar-refractivity contribution < 1.29 is 18.8 Å². The molecule has 2 heterocycles. The highest BCUT2D eigenvalue weighted by molar-refractivity contribution is 8.18. The average Bonchev–Trinajstić information content (AvgIpc) is 3.23. The fourth-order valence-corrected chi connectivity index (χ4v) is 3.58. The lowest BCUT2D eigenvalue weighted by atomic mass is 10.2. The molecule has 1 aromatic heterocycles. The van der Waals surface area contributed by atoms with Crippen LogP contribution in [0.15, 0.2) is 39.7 Å². The normalized spacial score (nSPS) is 15.5. The molecule has 3 rings (SSSR count). The molecule has 0 saturated carbocycles. The number of carbonyl (C=O) groups excluding carboxylic acids is 3. The molecule has 1 saturated heterocycles. The van der Waals surface area contributed by atoms with Gasteiger partial charge in [-0.2, -0.15) is 0 Å². The summed E-state index contributed by atoms with van der Waals surface area (Å²) >= 11 is 12.7. The van der Waals surface area contributed by atoms with Gasteiger partial charge in [-0.3, -0.25) is 19.3 Å². The van der Waals surface area contributed by atoms with Crippen LogP contribution in [0.2, 0.25) is 10.0 Å². The van der Waals surface area contributed by atoms with E-state index in [0.29, 0.717) is 28.1 Å². The molecule has 1 aromatic carbocycles. The van der Waals surface area contributed by atoms with Gasteiger partial charge in [0.2, 0.25) is 5.91 Å². The predicted molar refractivity (Wildman–Crippen MR) is 110 cm³/mol. The van der Waals surface area contributed by atoms with Crippen molar-refractivity contribution in [2.45, 2.75) is 13.3 Å². The van der Waals surface area contributed by atoms with Gasteiger partial charge in [-0.1, -0.05) is 30.1 Å². The summed E-state index contributed by atoms with van der Waals surface area (Å²) < 4.78 is 5.73. The number of rotatable bonds is 6. The van der Waals surface area contributed by atoms with E-state index in [1.54, 1.807) is 30.3 Å². The number of nitrogens with one attached hydrogen (secondary N) is 1. The molecule has 0 aliphatic carbocycles. The molecule has 0 unspecified atom stereocenters. The summed E-state index contributed by atoms with van der Waals surface area (Å²) in [6.45, 7) is 2.11. The first kappa shape index (κ1) is 20.5. The Hall–Kier alpha value is -2.22. The summed E-state index contributed by atoms with van der Waals surface area (Å²) in [6, 6.07) is 8.51. The van der Waals surface area contributed by atoms with Gasteiger partial charge in [0.05, 0.1) is 15.0 Å². The van der Waals surface area contributed by atoms with Crippen LogP contribution in [0.3, 0.4) is 0 Å². The minimum absolute atomic E-state index is 0.198. The lowest BCUT2D eigenvalue weighted by Crippen LogP contribution is -2.39. The van der Waals surface area contributed by atoms with Crippen LogP contribution in [0, 0.1) is 0 Å². The number of carbonyl (C=O) groups is 3. The Kier molecular flexibility index (Phi) is 6.49. The van der Waals surface area contributed by atoms with Crippen molar-refractivity contribution in [3.05, 3.63) is 51.0 Å². The maximum atomic E-state index is 12.5. The van der Waals surface area contributed by atoms with Gasteiger partial charge in [-0.05, 0) is 48.5 Å². The van der Waals surface area contributed by atoms with Gasteiger partial charge in [-0.25, -0.2) is 0 Å². The minimum Gasteiger partial charge on any atom is -0.457 e. The van der Waals surface area contributed by atoms with Crippen molar-refractivity contribution in [1.82, 2.24) is 10.2 Å². The van der Waals surface area contributed by atoms with Crippen molar-refractivity contribution in [2.75, 3.05) is 13.1 Å². The Bertz CT molecular complexity index is 971. The molecule has 1 aliphatic heterocycles. The molecule has 1 N–H and O–H groups in total. The average molecular weight is 439 g/mol. The van der Waals surface area contributed by atoms with Crippen molar-refractivity contribution in [3.8, 4) is 11.3 Å². The van der Waals surface area contributed by atoms with Gasteiger partial charge in [0.15, 0.2) is 0 Å². The highest BCUT2D eigenvalue weighted by Crippen LogP contribution is 2.34. The Morgan fingerprint density at radius 1 is 1.21 bits per heavy atom. The summed E-state index contributed by atoms with van der Waals surface area (Å²) in [5.74, 6) is 0.0597. The second-order valence-corrected chi connectivity index (χ2v) is 7.76. The minimum atomic E-state index is -0.519. The third-order valence-corrected chi connectivity index (χ3v) is 5.50. The van der Waals surface area contributed by atoms with E-state index < -0.39 is 11.1 Å². The van der Waals surface area contributed by atoms with Gasteiger partial charge in [0.1, 0.15) is 18.1 Å². The lowest BCUT2D eigenvalue weighted by Gasteiger charge is -2.11. The number of imide groups is 1. The zero-order valence-corrected chi connectivity index (χ0v) is 17.2. The maximum absolute atomic E-state index is 12.5. The number of hydrogen-bond acceptors (Lipinski definition) is 5. The Morgan fingerprint density at radius 2 is 2.00 bits per heavy atom. The van der Waals surface area contributed by atoms with E-state index in [1.165, 1.54) is 6.08 Å². The molecule has 146 valence electrons. The zero-order chi connectivity index (χ0) is 20.3. The number of amides is 3. The molecular formula is C19H16Cl2N2O4S.